The van der Waals surface area contributed by atoms with Crippen LogP contribution >= 0.6 is 12.4 Å². The lowest BCUT2D eigenvalue weighted by atomic mass is 9.98. The predicted molar refractivity (Wildman–Crippen MR) is 110 cm³/mol. The van der Waals surface area contributed by atoms with Crippen LogP contribution in [-0.2, 0) is 24.7 Å². The molecule has 2 N–H and O–H groups in total. The number of aromatic nitrogens is 3. The van der Waals surface area contributed by atoms with Gasteiger partial charge in [-0.15, -0.1) is 12.4 Å². The molecule has 1 aliphatic rings. The smallest absolute Gasteiger partial charge is 0.231 e. The minimum Gasteiger partial charge on any atom is -0.317 e. The van der Waals surface area contributed by atoms with Gasteiger partial charge in [0.05, 0.1) is 6.42 Å². The molecule has 0 saturated carbocycles. The number of anilines is 1. The normalized spacial score (nSPS) is 14.8. The standard InChI is InChI=1S/C20H29N5O.ClH/c1-14(2)12-15-4-6-16(7-5-15)13-18(26)22-20-23-19(24-25(20)3)17-8-10-21-11-9-17;/h4-7,14,17,21H,8-13H2,1-3H3,(H,22,23,24,26);1H. The summed E-state index contributed by atoms with van der Waals surface area (Å²) < 4.78 is 1.67. The van der Waals surface area contributed by atoms with E-state index in [0.717, 1.165) is 43.7 Å². The molecule has 1 amide bonds. The minimum absolute atomic E-state index is 0. The summed E-state index contributed by atoms with van der Waals surface area (Å²) in [6.07, 6.45) is 3.49. The first-order valence-electron chi connectivity index (χ1n) is 9.50. The Morgan fingerprint density at radius 1 is 1.22 bits per heavy atom. The van der Waals surface area contributed by atoms with Crippen LogP contribution in [0.5, 0.6) is 0 Å². The van der Waals surface area contributed by atoms with Gasteiger partial charge in [-0.3, -0.25) is 10.1 Å². The van der Waals surface area contributed by atoms with E-state index in [9.17, 15) is 4.79 Å². The maximum absolute atomic E-state index is 12.4. The number of rotatable bonds is 6. The van der Waals surface area contributed by atoms with Crippen LogP contribution in [0.15, 0.2) is 24.3 Å². The van der Waals surface area contributed by atoms with Crippen molar-refractivity contribution in [3.8, 4) is 0 Å². The van der Waals surface area contributed by atoms with Crippen molar-refractivity contribution in [2.45, 2.75) is 45.4 Å². The first-order chi connectivity index (χ1) is 12.5. The highest BCUT2D eigenvalue weighted by Gasteiger charge is 2.21. The molecular formula is C20H30ClN5O. The van der Waals surface area contributed by atoms with Crippen LogP contribution in [0.1, 0.15) is 49.6 Å². The van der Waals surface area contributed by atoms with E-state index in [1.165, 1.54) is 5.56 Å². The molecule has 2 aromatic rings. The van der Waals surface area contributed by atoms with Crippen LogP contribution in [0.3, 0.4) is 0 Å². The number of amides is 1. The molecule has 1 saturated heterocycles. The molecule has 6 nitrogen and oxygen atoms in total. The summed E-state index contributed by atoms with van der Waals surface area (Å²) in [7, 11) is 1.83. The quantitative estimate of drug-likeness (QED) is 0.793. The zero-order valence-electron chi connectivity index (χ0n) is 16.4. The van der Waals surface area contributed by atoms with Crippen LogP contribution in [-0.4, -0.2) is 33.8 Å². The summed E-state index contributed by atoms with van der Waals surface area (Å²) in [5.74, 6) is 2.31. The summed E-state index contributed by atoms with van der Waals surface area (Å²) in [6, 6.07) is 8.29. The van der Waals surface area contributed by atoms with Gasteiger partial charge in [-0.1, -0.05) is 38.1 Å². The number of nitrogens with zero attached hydrogens (tertiary/aromatic N) is 3. The fraction of sp³-hybridized carbons (Fsp3) is 0.550. The van der Waals surface area contributed by atoms with Gasteiger partial charge in [0.25, 0.3) is 0 Å². The largest absolute Gasteiger partial charge is 0.317 e. The Balaban J connectivity index is 0.00000261. The highest BCUT2D eigenvalue weighted by atomic mass is 35.5. The fourth-order valence-corrected chi connectivity index (χ4v) is 3.39. The lowest BCUT2D eigenvalue weighted by Crippen LogP contribution is -2.27. The molecule has 1 fully saturated rings. The molecule has 0 spiro atoms. The Morgan fingerprint density at radius 3 is 2.48 bits per heavy atom. The van der Waals surface area contributed by atoms with Crippen LogP contribution in [0.2, 0.25) is 0 Å². The topological polar surface area (TPSA) is 71.8 Å². The van der Waals surface area contributed by atoms with E-state index in [0.29, 0.717) is 24.2 Å². The molecule has 1 aliphatic heterocycles. The van der Waals surface area contributed by atoms with Gasteiger partial charge in [-0.25, -0.2) is 4.68 Å². The van der Waals surface area contributed by atoms with E-state index in [2.05, 4.69) is 46.7 Å². The number of hydrogen-bond acceptors (Lipinski definition) is 4. The molecule has 0 radical (unpaired) electrons. The summed E-state index contributed by atoms with van der Waals surface area (Å²) >= 11 is 0. The molecule has 0 atom stereocenters. The summed E-state index contributed by atoms with van der Waals surface area (Å²) in [5, 5.41) is 10.7. The first-order valence-corrected chi connectivity index (χ1v) is 9.50. The number of piperidine rings is 1. The van der Waals surface area contributed by atoms with Gasteiger partial charge in [0, 0.05) is 13.0 Å². The average Bonchev–Trinajstić information content (AvgIpc) is 2.97. The van der Waals surface area contributed by atoms with Gasteiger partial charge in [0.1, 0.15) is 0 Å². The molecular weight excluding hydrogens is 362 g/mol. The molecule has 2 heterocycles. The third kappa shape index (κ3) is 6.04. The Labute approximate surface area is 167 Å². The molecule has 7 heteroatoms. The molecule has 148 valence electrons. The first kappa shape index (κ1) is 21.4. The van der Waals surface area contributed by atoms with E-state index in [4.69, 9.17) is 0 Å². The predicted octanol–water partition coefficient (Wildman–Crippen LogP) is 3.08. The van der Waals surface area contributed by atoms with E-state index < -0.39 is 0 Å². The minimum atomic E-state index is -0.0611. The molecule has 0 aliphatic carbocycles. The summed E-state index contributed by atoms with van der Waals surface area (Å²) in [6.45, 7) is 6.41. The molecule has 1 aromatic heterocycles. The Kier molecular flexibility index (Phi) is 7.80. The monoisotopic (exact) mass is 391 g/mol. The molecule has 27 heavy (non-hydrogen) atoms. The van der Waals surface area contributed by atoms with Gasteiger partial charge in [-0.05, 0) is 49.4 Å². The lowest BCUT2D eigenvalue weighted by Gasteiger charge is -2.19. The number of benzene rings is 1. The van der Waals surface area contributed by atoms with Crippen molar-refractivity contribution in [3.63, 3.8) is 0 Å². The maximum atomic E-state index is 12.4. The number of halogens is 1. The maximum Gasteiger partial charge on any atom is 0.231 e. The number of carbonyl (C=O) groups excluding carboxylic acids is 1. The van der Waals surface area contributed by atoms with Crippen molar-refractivity contribution in [1.82, 2.24) is 20.1 Å². The van der Waals surface area contributed by atoms with Crippen LogP contribution in [0.25, 0.3) is 0 Å². The van der Waals surface area contributed by atoms with E-state index in [1.54, 1.807) is 4.68 Å². The van der Waals surface area contributed by atoms with E-state index in [1.807, 2.05) is 19.2 Å². The highest BCUT2D eigenvalue weighted by molar-refractivity contribution is 5.90. The van der Waals surface area contributed by atoms with Crippen LogP contribution in [0, 0.1) is 5.92 Å². The van der Waals surface area contributed by atoms with Crippen LogP contribution < -0.4 is 10.6 Å². The van der Waals surface area contributed by atoms with Crippen molar-refractivity contribution in [2.75, 3.05) is 18.4 Å². The number of nitrogens with one attached hydrogen (secondary N) is 2. The highest BCUT2D eigenvalue weighted by Crippen LogP contribution is 2.23. The fourth-order valence-electron chi connectivity index (χ4n) is 3.39. The Hall–Kier alpha value is -1.92. The number of hydrogen-bond donors (Lipinski definition) is 2. The van der Waals surface area contributed by atoms with Crippen molar-refractivity contribution >= 4 is 24.3 Å². The van der Waals surface area contributed by atoms with Crippen molar-refractivity contribution in [1.29, 1.82) is 0 Å². The SMILES string of the molecule is CC(C)Cc1ccc(CC(=O)Nc2nc(C3CCNCC3)nn2C)cc1.Cl. The summed E-state index contributed by atoms with van der Waals surface area (Å²) in [4.78, 5) is 16.9. The molecule has 1 aromatic carbocycles. The summed E-state index contributed by atoms with van der Waals surface area (Å²) in [5.41, 5.74) is 2.32. The zero-order chi connectivity index (χ0) is 18.5. The zero-order valence-corrected chi connectivity index (χ0v) is 17.2. The van der Waals surface area contributed by atoms with Gasteiger partial charge < -0.3 is 5.32 Å². The van der Waals surface area contributed by atoms with Crippen molar-refractivity contribution in [3.05, 3.63) is 41.2 Å². The second-order valence-corrected chi connectivity index (χ2v) is 7.58. The lowest BCUT2D eigenvalue weighted by molar-refractivity contribution is -0.115. The van der Waals surface area contributed by atoms with Gasteiger partial charge in [0.15, 0.2) is 5.82 Å². The van der Waals surface area contributed by atoms with Crippen LogP contribution in [0.4, 0.5) is 5.95 Å². The average molecular weight is 392 g/mol. The van der Waals surface area contributed by atoms with Gasteiger partial charge in [0.2, 0.25) is 11.9 Å². The third-order valence-electron chi connectivity index (χ3n) is 4.77. The van der Waals surface area contributed by atoms with Gasteiger partial charge >= 0.3 is 0 Å². The van der Waals surface area contributed by atoms with E-state index in [-0.39, 0.29) is 18.3 Å². The van der Waals surface area contributed by atoms with Gasteiger partial charge in [-0.2, -0.15) is 10.1 Å². The third-order valence-corrected chi connectivity index (χ3v) is 4.77. The number of carbonyl (C=O) groups is 1. The second kappa shape index (κ2) is 9.85. The number of aryl methyl sites for hydroxylation is 1. The molecule has 0 unspecified atom stereocenters. The Bertz CT molecular complexity index is 735. The second-order valence-electron chi connectivity index (χ2n) is 7.58. The van der Waals surface area contributed by atoms with Crippen molar-refractivity contribution in [2.24, 2.45) is 13.0 Å². The molecule has 0 bridgehead atoms. The Morgan fingerprint density at radius 2 is 1.85 bits per heavy atom. The molecule has 3 rings (SSSR count). The van der Waals surface area contributed by atoms with E-state index >= 15 is 0 Å². The van der Waals surface area contributed by atoms with Crippen molar-refractivity contribution < 1.29 is 4.79 Å².